The number of carbonyl (C=O) groups is 2. The third kappa shape index (κ3) is 5.26. The minimum atomic E-state index is -0.481. The maximum Gasteiger partial charge on any atom is 0.410 e. The number of aliphatic hydroxyl groups excluding tert-OH is 1. The van der Waals surface area contributed by atoms with Gasteiger partial charge in [0, 0.05) is 30.1 Å². The average molecular weight is 517 g/mol. The van der Waals surface area contributed by atoms with Gasteiger partial charge in [0.05, 0.1) is 11.6 Å². The molecule has 2 saturated heterocycles. The predicted molar refractivity (Wildman–Crippen MR) is 140 cm³/mol. The zero-order chi connectivity index (χ0) is 25.4. The molecular weight excluding hydrogens is 476 g/mol. The molecule has 7 heteroatoms. The first-order chi connectivity index (χ1) is 17.2. The highest BCUT2D eigenvalue weighted by Crippen LogP contribution is 2.44. The largest absolute Gasteiger partial charge is 0.447 e. The summed E-state index contributed by atoms with van der Waals surface area (Å²) in [5.41, 5.74) is 0.686. The van der Waals surface area contributed by atoms with Crippen molar-refractivity contribution in [2.75, 3.05) is 19.7 Å². The molecule has 0 spiro atoms. The minimum Gasteiger partial charge on any atom is -0.447 e. The zero-order valence-corrected chi connectivity index (χ0v) is 22.5. The number of ether oxygens (including phenoxy) is 1. The first-order valence-corrected chi connectivity index (χ1v) is 14.3. The normalized spacial score (nSPS) is 33.1. The summed E-state index contributed by atoms with van der Waals surface area (Å²) in [7, 11) is 0. The monoisotopic (exact) mass is 516 g/mol. The molecule has 2 aliphatic carbocycles. The van der Waals surface area contributed by atoms with Crippen molar-refractivity contribution < 1.29 is 19.4 Å². The maximum atomic E-state index is 14.2. The molecule has 2 amide bonds. The van der Waals surface area contributed by atoms with E-state index in [1.54, 1.807) is 0 Å². The minimum absolute atomic E-state index is 0.0188. The van der Waals surface area contributed by atoms with Crippen molar-refractivity contribution in [3.8, 4) is 0 Å². The molecule has 2 aliphatic heterocycles. The number of aliphatic hydroxyl groups is 1. The van der Waals surface area contributed by atoms with Crippen LogP contribution in [0.2, 0.25) is 5.02 Å². The summed E-state index contributed by atoms with van der Waals surface area (Å²) in [6, 6.07) is 7.68. The van der Waals surface area contributed by atoms with E-state index in [2.05, 4.69) is 4.90 Å². The first-order valence-electron chi connectivity index (χ1n) is 13.9. The Morgan fingerprint density at radius 1 is 1.06 bits per heavy atom. The van der Waals surface area contributed by atoms with E-state index in [1.807, 2.05) is 43.0 Å². The lowest BCUT2D eigenvalue weighted by atomic mass is 9.73. The highest BCUT2D eigenvalue weighted by Gasteiger charge is 2.47. The van der Waals surface area contributed by atoms with Crippen LogP contribution in [0.1, 0.15) is 83.1 Å². The Hall–Kier alpha value is -1.79. The topological polar surface area (TPSA) is 70.1 Å². The van der Waals surface area contributed by atoms with Gasteiger partial charge in [0.1, 0.15) is 6.61 Å². The van der Waals surface area contributed by atoms with E-state index in [4.69, 9.17) is 16.3 Å². The summed E-state index contributed by atoms with van der Waals surface area (Å²) in [4.78, 5) is 30.7. The third-order valence-corrected chi connectivity index (χ3v) is 9.65. The van der Waals surface area contributed by atoms with Crippen LogP contribution in [-0.2, 0) is 9.53 Å². The van der Waals surface area contributed by atoms with Crippen molar-refractivity contribution in [3.63, 3.8) is 0 Å². The molecule has 0 radical (unpaired) electrons. The number of nitrogens with zero attached hydrogens (tertiary/aromatic N) is 2. The summed E-state index contributed by atoms with van der Waals surface area (Å²) in [6.07, 6.45) is 8.82. The van der Waals surface area contributed by atoms with E-state index in [9.17, 15) is 14.7 Å². The lowest BCUT2D eigenvalue weighted by molar-refractivity contribution is -0.141. The molecule has 198 valence electrons. The van der Waals surface area contributed by atoms with Crippen LogP contribution in [-0.4, -0.2) is 64.3 Å². The molecule has 1 N–H and O–H groups in total. The van der Waals surface area contributed by atoms with Crippen LogP contribution in [0.3, 0.4) is 0 Å². The van der Waals surface area contributed by atoms with Crippen LogP contribution in [0.15, 0.2) is 24.3 Å². The fourth-order valence-corrected chi connectivity index (χ4v) is 7.45. The SMILES string of the molecule is CC1(C)COC(=O)N1CC1CC(C2CCCCC2)CCN1C(=O)[C@@H]1C[C@H](O)C[C@H]1c1ccc(Cl)cc1. The van der Waals surface area contributed by atoms with E-state index in [-0.39, 0.29) is 35.4 Å². The second-order valence-electron chi connectivity index (χ2n) is 12.2. The number of benzene rings is 1. The molecule has 4 fully saturated rings. The number of carbonyl (C=O) groups excluding carboxylic acids is 2. The van der Waals surface area contributed by atoms with Gasteiger partial charge < -0.3 is 14.7 Å². The number of hydrogen-bond acceptors (Lipinski definition) is 4. The number of hydrogen-bond donors (Lipinski definition) is 1. The van der Waals surface area contributed by atoms with Gasteiger partial charge in [-0.15, -0.1) is 0 Å². The van der Waals surface area contributed by atoms with Crippen LogP contribution >= 0.6 is 11.6 Å². The van der Waals surface area contributed by atoms with Gasteiger partial charge in [-0.25, -0.2) is 4.79 Å². The van der Waals surface area contributed by atoms with Gasteiger partial charge in [0.2, 0.25) is 5.91 Å². The van der Waals surface area contributed by atoms with Crippen LogP contribution in [0.25, 0.3) is 0 Å². The molecule has 2 saturated carbocycles. The molecule has 1 aromatic carbocycles. The van der Waals surface area contributed by atoms with Crippen molar-refractivity contribution in [2.24, 2.45) is 17.8 Å². The molecule has 1 aromatic rings. The summed E-state index contributed by atoms with van der Waals surface area (Å²) >= 11 is 6.11. The average Bonchev–Trinajstić information content (AvgIpc) is 3.39. The number of rotatable bonds is 5. The zero-order valence-electron chi connectivity index (χ0n) is 21.7. The molecule has 6 nitrogen and oxygen atoms in total. The Kier molecular flexibility index (Phi) is 7.56. The van der Waals surface area contributed by atoms with Gasteiger partial charge >= 0.3 is 6.09 Å². The Morgan fingerprint density at radius 3 is 2.44 bits per heavy atom. The number of amides is 2. The highest BCUT2D eigenvalue weighted by molar-refractivity contribution is 6.30. The maximum absolute atomic E-state index is 14.2. The first kappa shape index (κ1) is 25.8. The van der Waals surface area contributed by atoms with E-state index < -0.39 is 6.10 Å². The van der Waals surface area contributed by atoms with E-state index >= 15 is 0 Å². The number of cyclic esters (lactones) is 1. The second kappa shape index (κ2) is 10.5. The van der Waals surface area contributed by atoms with E-state index in [0.29, 0.717) is 36.9 Å². The Labute approximate surface area is 220 Å². The van der Waals surface area contributed by atoms with Gasteiger partial charge in [-0.2, -0.15) is 0 Å². The number of piperidine rings is 1. The predicted octanol–water partition coefficient (Wildman–Crippen LogP) is 5.61. The molecule has 5 rings (SSSR count). The molecule has 2 heterocycles. The molecule has 0 aromatic heterocycles. The van der Waals surface area contributed by atoms with Crippen molar-refractivity contribution in [1.82, 2.24) is 9.80 Å². The standard InChI is InChI=1S/C29H41ClN2O4/c1-29(2)18-36-28(35)32(29)17-23-14-21(19-6-4-3-5-7-19)12-13-31(23)27(34)26-16-24(33)15-25(26)20-8-10-22(30)11-9-20/h8-11,19,21,23-26,33H,3-7,12-18H2,1-2H3/t21?,23?,24-,25+,26-/m1/s1. The van der Waals surface area contributed by atoms with Crippen molar-refractivity contribution in [2.45, 2.75) is 95.2 Å². The Morgan fingerprint density at radius 2 is 1.78 bits per heavy atom. The highest BCUT2D eigenvalue weighted by atomic mass is 35.5. The lowest BCUT2D eigenvalue weighted by Crippen LogP contribution is -2.56. The summed E-state index contributed by atoms with van der Waals surface area (Å²) in [5.74, 6) is 1.18. The van der Waals surface area contributed by atoms with E-state index in [0.717, 1.165) is 30.9 Å². The lowest BCUT2D eigenvalue weighted by Gasteiger charge is -2.46. The van der Waals surface area contributed by atoms with Crippen molar-refractivity contribution in [1.29, 1.82) is 0 Å². The molecule has 5 atom stereocenters. The van der Waals surface area contributed by atoms with Crippen LogP contribution in [0.4, 0.5) is 4.79 Å². The van der Waals surface area contributed by atoms with E-state index in [1.165, 1.54) is 32.1 Å². The van der Waals surface area contributed by atoms with Gasteiger partial charge in [0.25, 0.3) is 0 Å². The third-order valence-electron chi connectivity index (χ3n) is 9.40. The van der Waals surface area contributed by atoms with Crippen LogP contribution in [0, 0.1) is 17.8 Å². The molecule has 0 bridgehead atoms. The smallest absolute Gasteiger partial charge is 0.410 e. The van der Waals surface area contributed by atoms with Crippen LogP contribution < -0.4 is 0 Å². The van der Waals surface area contributed by atoms with Crippen molar-refractivity contribution >= 4 is 23.6 Å². The van der Waals surface area contributed by atoms with Crippen molar-refractivity contribution in [3.05, 3.63) is 34.9 Å². The molecular formula is C29H41ClN2O4. The van der Waals surface area contributed by atoms with Gasteiger partial charge in [-0.05, 0) is 75.0 Å². The molecule has 4 aliphatic rings. The molecule has 36 heavy (non-hydrogen) atoms. The fraction of sp³-hybridized carbons (Fsp3) is 0.724. The van der Waals surface area contributed by atoms with Gasteiger partial charge in [0.15, 0.2) is 0 Å². The fourth-order valence-electron chi connectivity index (χ4n) is 7.33. The second-order valence-corrected chi connectivity index (χ2v) is 12.7. The van der Waals surface area contributed by atoms with Gasteiger partial charge in [-0.1, -0.05) is 55.8 Å². The number of likely N-dealkylation sites (tertiary alicyclic amines) is 1. The summed E-state index contributed by atoms with van der Waals surface area (Å²) in [5, 5.41) is 11.2. The Bertz CT molecular complexity index is 945. The quantitative estimate of drug-likeness (QED) is 0.552. The summed E-state index contributed by atoms with van der Waals surface area (Å²) < 4.78 is 5.40. The summed E-state index contributed by atoms with van der Waals surface area (Å²) in [6.45, 7) is 5.70. The number of halogens is 1. The molecule has 2 unspecified atom stereocenters. The Balaban J connectivity index is 1.38. The van der Waals surface area contributed by atoms with Crippen LogP contribution in [0.5, 0.6) is 0 Å². The van der Waals surface area contributed by atoms with Gasteiger partial charge in [-0.3, -0.25) is 9.69 Å².